The third-order valence-electron chi connectivity index (χ3n) is 3.77. The zero-order valence-corrected chi connectivity index (χ0v) is 15.2. The maximum atomic E-state index is 11.6. The van der Waals surface area contributed by atoms with Crippen molar-refractivity contribution >= 4 is 28.2 Å². The molecule has 140 valence electrons. The number of nitrogens with two attached hydrogens (primary N) is 1. The Kier molecular flexibility index (Phi) is 5.73. The van der Waals surface area contributed by atoms with Gasteiger partial charge in [-0.15, -0.1) is 0 Å². The van der Waals surface area contributed by atoms with Crippen LogP contribution in [0.15, 0.2) is 48.7 Å². The third kappa shape index (κ3) is 4.65. The molecule has 3 aromatic rings. The topological polar surface area (TPSA) is 95.7 Å². The summed E-state index contributed by atoms with van der Waals surface area (Å²) in [6.07, 6.45) is 1.66. The number of hydrogen-bond acceptors (Lipinski definition) is 6. The van der Waals surface area contributed by atoms with E-state index in [0.717, 1.165) is 5.39 Å². The average molecular weight is 367 g/mol. The van der Waals surface area contributed by atoms with Crippen molar-refractivity contribution in [3.8, 4) is 17.2 Å². The first-order chi connectivity index (χ1) is 13.1. The van der Waals surface area contributed by atoms with Gasteiger partial charge in [-0.1, -0.05) is 0 Å². The summed E-state index contributed by atoms with van der Waals surface area (Å²) in [6.45, 7) is 2.24. The lowest BCUT2D eigenvalue weighted by Crippen LogP contribution is -2.10. The van der Waals surface area contributed by atoms with E-state index in [1.54, 1.807) is 55.8 Å². The quantitative estimate of drug-likeness (QED) is 0.489. The molecular formula is C20H21N3O4. The number of carbonyl (C=O) groups excluding carboxylic acids is 1. The molecule has 7 heteroatoms. The first-order valence-corrected chi connectivity index (χ1v) is 8.42. The Morgan fingerprint density at radius 1 is 1.11 bits per heavy atom. The van der Waals surface area contributed by atoms with Gasteiger partial charge in [0.05, 0.1) is 17.8 Å². The van der Waals surface area contributed by atoms with E-state index >= 15 is 0 Å². The van der Waals surface area contributed by atoms with Gasteiger partial charge < -0.3 is 25.3 Å². The molecule has 0 saturated carbocycles. The number of aromatic nitrogens is 1. The molecule has 0 unspecified atom stereocenters. The van der Waals surface area contributed by atoms with Crippen LogP contribution in [0.4, 0.5) is 11.4 Å². The van der Waals surface area contributed by atoms with Gasteiger partial charge in [0.1, 0.15) is 23.9 Å². The lowest BCUT2D eigenvalue weighted by molar-refractivity contribution is -0.114. The molecule has 1 heterocycles. The van der Waals surface area contributed by atoms with Crippen LogP contribution >= 0.6 is 0 Å². The molecule has 0 fully saturated rings. The number of nitrogen functional groups attached to an aromatic ring is 1. The summed E-state index contributed by atoms with van der Waals surface area (Å²) >= 11 is 0. The summed E-state index contributed by atoms with van der Waals surface area (Å²) in [5.74, 6) is 1.58. The van der Waals surface area contributed by atoms with Crippen molar-refractivity contribution < 1.29 is 19.0 Å². The van der Waals surface area contributed by atoms with E-state index in [0.29, 0.717) is 47.4 Å². The minimum absolute atomic E-state index is 0.198. The van der Waals surface area contributed by atoms with Crippen LogP contribution in [0.25, 0.3) is 10.9 Å². The average Bonchev–Trinajstić information content (AvgIpc) is 2.64. The number of pyridine rings is 1. The molecule has 0 spiro atoms. The van der Waals surface area contributed by atoms with Crippen molar-refractivity contribution in [3.05, 3.63) is 48.7 Å². The Hall–Kier alpha value is -3.32. The Labute approximate surface area is 157 Å². The van der Waals surface area contributed by atoms with E-state index in [-0.39, 0.29) is 5.91 Å². The van der Waals surface area contributed by atoms with E-state index in [2.05, 4.69) is 10.3 Å². The fraction of sp³-hybridized carbons (Fsp3) is 0.200. The number of rotatable bonds is 7. The van der Waals surface area contributed by atoms with Gasteiger partial charge in [0.15, 0.2) is 0 Å². The maximum absolute atomic E-state index is 11.6. The Bertz CT molecular complexity index is 942. The molecule has 7 nitrogen and oxygen atoms in total. The van der Waals surface area contributed by atoms with E-state index in [1.807, 2.05) is 0 Å². The lowest BCUT2D eigenvalue weighted by atomic mass is 10.1. The molecule has 0 radical (unpaired) electrons. The number of amides is 1. The van der Waals surface area contributed by atoms with Crippen molar-refractivity contribution in [2.24, 2.45) is 0 Å². The molecular weight excluding hydrogens is 346 g/mol. The molecule has 0 aliphatic rings. The molecule has 1 aromatic heterocycles. The highest BCUT2D eigenvalue weighted by molar-refractivity contribution is 5.96. The van der Waals surface area contributed by atoms with Gasteiger partial charge in [-0.2, -0.15) is 0 Å². The molecule has 3 N–H and O–H groups in total. The van der Waals surface area contributed by atoms with Crippen LogP contribution in [0.5, 0.6) is 17.2 Å². The number of benzene rings is 2. The zero-order chi connectivity index (χ0) is 19.2. The van der Waals surface area contributed by atoms with E-state index in [4.69, 9.17) is 19.9 Å². The highest BCUT2D eigenvalue weighted by atomic mass is 16.5. The predicted octanol–water partition coefficient (Wildman–Crippen LogP) is 3.59. The molecule has 0 aliphatic carbocycles. The molecule has 0 atom stereocenters. The molecule has 3 rings (SSSR count). The van der Waals surface area contributed by atoms with E-state index in [9.17, 15) is 4.79 Å². The maximum Gasteiger partial charge on any atom is 0.221 e. The highest BCUT2D eigenvalue weighted by Gasteiger charge is 2.12. The smallest absolute Gasteiger partial charge is 0.221 e. The summed E-state index contributed by atoms with van der Waals surface area (Å²) in [6, 6.07) is 12.4. The minimum atomic E-state index is -0.198. The van der Waals surface area contributed by atoms with Crippen LogP contribution in [0.2, 0.25) is 0 Å². The highest BCUT2D eigenvalue weighted by Crippen LogP contribution is 2.36. The Morgan fingerprint density at radius 2 is 1.89 bits per heavy atom. The SMILES string of the molecule is COCCOc1cc2nccc(Oc3ccc(N)cc3)c2cc1NC(C)=O. The molecule has 0 saturated heterocycles. The Balaban J connectivity index is 2.00. The van der Waals surface area contributed by atoms with Crippen molar-refractivity contribution in [2.75, 3.05) is 31.4 Å². The van der Waals surface area contributed by atoms with Crippen LogP contribution in [0.3, 0.4) is 0 Å². The van der Waals surface area contributed by atoms with Crippen molar-refractivity contribution in [2.45, 2.75) is 6.92 Å². The summed E-state index contributed by atoms with van der Waals surface area (Å²) in [5.41, 5.74) is 7.60. The second kappa shape index (κ2) is 8.37. The van der Waals surface area contributed by atoms with Gasteiger partial charge in [-0.05, 0) is 36.4 Å². The van der Waals surface area contributed by atoms with Crippen molar-refractivity contribution in [3.63, 3.8) is 0 Å². The number of ether oxygens (including phenoxy) is 3. The van der Waals surface area contributed by atoms with Crippen molar-refractivity contribution in [1.29, 1.82) is 0 Å². The van der Waals surface area contributed by atoms with Gasteiger partial charge in [0.2, 0.25) is 5.91 Å². The first kappa shape index (κ1) is 18.5. The fourth-order valence-corrected chi connectivity index (χ4v) is 2.54. The summed E-state index contributed by atoms with van der Waals surface area (Å²) < 4.78 is 16.7. The molecule has 27 heavy (non-hydrogen) atoms. The first-order valence-electron chi connectivity index (χ1n) is 8.42. The number of anilines is 2. The van der Waals surface area contributed by atoms with E-state index in [1.165, 1.54) is 6.92 Å². The molecule has 0 aliphatic heterocycles. The van der Waals surface area contributed by atoms with Crippen molar-refractivity contribution in [1.82, 2.24) is 4.98 Å². The van der Waals surface area contributed by atoms with E-state index < -0.39 is 0 Å². The normalized spacial score (nSPS) is 10.6. The molecule has 2 aromatic carbocycles. The van der Waals surface area contributed by atoms with Gasteiger partial charge in [0.25, 0.3) is 0 Å². The summed E-state index contributed by atoms with van der Waals surface area (Å²) in [4.78, 5) is 16.0. The molecule has 1 amide bonds. The van der Waals surface area contributed by atoms with Gasteiger partial charge >= 0.3 is 0 Å². The van der Waals surface area contributed by atoms with Crippen LogP contribution < -0.4 is 20.5 Å². The summed E-state index contributed by atoms with van der Waals surface area (Å²) in [7, 11) is 1.60. The lowest BCUT2D eigenvalue weighted by Gasteiger charge is -2.15. The molecule has 0 bridgehead atoms. The largest absolute Gasteiger partial charge is 0.489 e. The number of fused-ring (bicyclic) bond motifs is 1. The van der Waals surface area contributed by atoms with Crippen LogP contribution in [-0.4, -0.2) is 31.2 Å². The van der Waals surface area contributed by atoms with Gasteiger partial charge in [0, 0.05) is 37.4 Å². The van der Waals surface area contributed by atoms with Gasteiger partial charge in [-0.3, -0.25) is 9.78 Å². The van der Waals surface area contributed by atoms with Crippen LogP contribution in [0, 0.1) is 0 Å². The number of methoxy groups -OCH3 is 1. The number of nitrogens with one attached hydrogen (secondary N) is 1. The van der Waals surface area contributed by atoms with Gasteiger partial charge in [-0.25, -0.2) is 0 Å². The summed E-state index contributed by atoms with van der Waals surface area (Å²) in [5, 5.41) is 3.53. The second-order valence-corrected chi connectivity index (χ2v) is 5.87. The number of hydrogen-bond donors (Lipinski definition) is 2. The third-order valence-corrected chi connectivity index (χ3v) is 3.77. The predicted molar refractivity (Wildman–Crippen MR) is 104 cm³/mol. The fourth-order valence-electron chi connectivity index (χ4n) is 2.54. The minimum Gasteiger partial charge on any atom is -0.489 e. The number of nitrogens with zero attached hydrogens (tertiary/aromatic N) is 1. The second-order valence-electron chi connectivity index (χ2n) is 5.87. The van der Waals surface area contributed by atoms with Crippen LogP contribution in [0.1, 0.15) is 6.92 Å². The van der Waals surface area contributed by atoms with Crippen LogP contribution in [-0.2, 0) is 9.53 Å². The zero-order valence-electron chi connectivity index (χ0n) is 15.2. The monoisotopic (exact) mass is 367 g/mol. The Morgan fingerprint density at radius 3 is 2.59 bits per heavy atom. The number of carbonyl (C=O) groups is 1. The standard InChI is InChI=1S/C20H21N3O4/c1-13(24)23-18-11-16-17(12-20(18)26-10-9-25-2)22-8-7-19(16)27-15-5-3-14(21)4-6-15/h3-8,11-12H,9-10,21H2,1-2H3,(H,23,24).